The largest absolute Gasteiger partial charge is 0.494 e. The summed E-state index contributed by atoms with van der Waals surface area (Å²) in [5.41, 5.74) is 1.24. The molecule has 0 N–H and O–H groups in total. The number of fused-ring (bicyclic) bond motifs is 1. The lowest BCUT2D eigenvalue weighted by Gasteiger charge is -2.19. The Kier molecular flexibility index (Phi) is 7.44. The first-order chi connectivity index (χ1) is 15.3. The summed E-state index contributed by atoms with van der Waals surface area (Å²) in [4.78, 5) is 17.6. The number of nitrogens with zero attached hydrogens (tertiary/aromatic N) is 3. The number of hydrogen-bond acceptors (Lipinski definition) is 5. The standard InChI is InChI=1S/C23H25N3O4S2/c1-5-14-26(15-6-2)32(28,29)19-11-8-17(9-12-19)22(27)24-23-25(4)20-13-10-18(30-7-3)16-21(20)31-23/h5-6,8-13,16H,1-2,7,14-15H2,3-4H3. The van der Waals surface area contributed by atoms with Crippen LogP contribution in [0.5, 0.6) is 5.75 Å². The van der Waals surface area contributed by atoms with Gasteiger partial charge in [0, 0.05) is 25.7 Å². The summed E-state index contributed by atoms with van der Waals surface area (Å²) < 4.78 is 35.2. The molecule has 0 atom stereocenters. The number of amides is 1. The number of carbonyl (C=O) groups excluding carboxylic acids is 1. The maximum Gasteiger partial charge on any atom is 0.279 e. The fourth-order valence-electron chi connectivity index (χ4n) is 3.11. The molecule has 0 bridgehead atoms. The molecule has 2 aromatic carbocycles. The minimum Gasteiger partial charge on any atom is -0.494 e. The van der Waals surface area contributed by atoms with Crippen molar-refractivity contribution in [2.24, 2.45) is 12.0 Å². The zero-order valence-corrected chi connectivity index (χ0v) is 19.7. The molecule has 7 nitrogen and oxygen atoms in total. The Balaban J connectivity index is 1.90. The number of benzene rings is 2. The van der Waals surface area contributed by atoms with Gasteiger partial charge in [0.2, 0.25) is 10.0 Å². The van der Waals surface area contributed by atoms with E-state index in [-0.39, 0.29) is 18.0 Å². The second-order valence-electron chi connectivity index (χ2n) is 6.85. The van der Waals surface area contributed by atoms with E-state index in [1.807, 2.05) is 36.7 Å². The lowest BCUT2D eigenvalue weighted by atomic mass is 10.2. The van der Waals surface area contributed by atoms with E-state index in [0.29, 0.717) is 17.0 Å². The van der Waals surface area contributed by atoms with Crippen molar-refractivity contribution in [2.75, 3.05) is 19.7 Å². The summed E-state index contributed by atoms with van der Waals surface area (Å²) in [6, 6.07) is 11.5. The molecule has 0 aliphatic heterocycles. The molecule has 0 radical (unpaired) electrons. The van der Waals surface area contributed by atoms with Crippen LogP contribution in [-0.2, 0) is 17.1 Å². The summed E-state index contributed by atoms with van der Waals surface area (Å²) in [6.45, 7) is 10.0. The minimum atomic E-state index is -3.72. The molecule has 0 aliphatic rings. The van der Waals surface area contributed by atoms with Gasteiger partial charge in [-0.15, -0.1) is 13.2 Å². The van der Waals surface area contributed by atoms with Gasteiger partial charge in [-0.2, -0.15) is 9.30 Å². The summed E-state index contributed by atoms with van der Waals surface area (Å²) in [7, 11) is -1.88. The van der Waals surface area contributed by atoms with Crippen LogP contribution < -0.4 is 9.54 Å². The lowest BCUT2D eigenvalue weighted by Crippen LogP contribution is -2.31. The van der Waals surface area contributed by atoms with E-state index in [9.17, 15) is 13.2 Å². The van der Waals surface area contributed by atoms with Gasteiger partial charge in [-0.25, -0.2) is 8.42 Å². The quantitative estimate of drug-likeness (QED) is 0.445. The SMILES string of the molecule is C=CCN(CC=C)S(=O)(=O)c1ccc(C(=O)N=c2sc3cc(OCC)ccc3n2C)cc1. The van der Waals surface area contributed by atoms with Gasteiger partial charge >= 0.3 is 0 Å². The molecule has 0 aliphatic carbocycles. The molecular formula is C23H25N3O4S2. The molecule has 32 heavy (non-hydrogen) atoms. The van der Waals surface area contributed by atoms with Crippen molar-refractivity contribution in [2.45, 2.75) is 11.8 Å². The number of carbonyl (C=O) groups is 1. The first kappa shape index (κ1) is 23.6. The van der Waals surface area contributed by atoms with E-state index in [2.05, 4.69) is 18.2 Å². The zero-order chi connectivity index (χ0) is 23.3. The Hall–Kier alpha value is -3.01. The van der Waals surface area contributed by atoms with Crippen molar-refractivity contribution >= 4 is 37.5 Å². The minimum absolute atomic E-state index is 0.0913. The molecule has 0 saturated carbocycles. The number of sulfonamides is 1. The Morgan fingerprint density at radius 1 is 1.16 bits per heavy atom. The van der Waals surface area contributed by atoms with Crippen molar-refractivity contribution in [3.05, 3.63) is 78.1 Å². The Morgan fingerprint density at radius 2 is 1.81 bits per heavy atom. The molecular weight excluding hydrogens is 446 g/mol. The van der Waals surface area contributed by atoms with Gasteiger partial charge < -0.3 is 9.30 Å². The molecule has 0 fully saturated rings. The van der Waals surface area contributed by atoms with Crippen LogP contribution in [0.15, 0.2) is 77.7 Å². The molecule has 1 amide bonds. The second kappa shape index (κ2) is 10.1. The summed E-state index contributed by atoms with van der Waals surface area (Å²) in [5.74, 6) is 0.314. The average Bonchev–Trinajstić information content (AvgIpc) is 3.08. The highest BCUT2D eigenvalue weighted by Gasteiger charge is 2.22. The Morgan fingerprint density at radius 3 is 2.41 bits per heavy atom. The predicted molar refractivity (Wildman–Crippen MR) is 127 cm³/mol. The summed E-state index contributed by atoms with van der Waals surface area (Å²) >= 11 is 1.38. The molecule has 168 valence electrons. The monoisotopic (exact) mass is 471 g/mol. The number of aryl methyl sites for hydroxylation is 1. The van der Waals surface area contributed by atoms with Crippen molar-refractivity contribution in [3.8, 4) is 5.75 Å². The van der Waals surface area contributed by atoms with Crippen LogP contribution in [0.4, 0.5) is 0 Å². The molecule has 0 saturated heterocycles. The third-order valence-corrected chi connectivity index (χ3v) is 7.63. The van der Waals surface area contributed by atoms with Crippen LogP contribution in [0.1, 0.15) is 17.3 Å². The van der Waals surface area contributed by atoms with Crippen LogP contribution in [0.25, 0.3) is 10.2 Å². The third-order valence-electron chi connectivity index (χ3n) is 4.69. The topological polar surface area (TPSA) is 81.0 Å². The van der Waals surface area contributed by atoms with Crippen LogP contribution in [0.2, 0.25) is 0 Å². The number of hydrogen-bond donors (Lipinski definition) is 0. The lowest BCUT2D eigenvalue weighted by molar-refractivity contribution is 0.0998. The van der Waals surface area contributed by atoms with E-state index < -0.39 is 15.9 Å². The fourth-order valence-corrected chi connectivity index (χ4v) is 5.53. The van der Waals surface area contributed by atoms with Crippen LogP contribution in [-0.4, -0.2) is 42.9 Å². The van der Waals surface area contributed by atoms with Crippen LogP contribution in [0.3, 0.4) is 0 Å². The highest BCUT2D eigenvalue weighted by molar-refractivity contribution is 7.89. The van der Waals surface area contributed by atoms with Crippen molar-refractivity contribution in [1.82, 2.24) is 8.87 Å². The fraction of sp³-hybridized carbons (Fsp3) is 0.217. The maximum atomic E-state index is 12.8. The third kappa shape index (κ3) is 4.90. The van der Waals surface area contributed by atoms with Gasteiger partial charge in [0.15, 0.2) is 4.80 Å². The molecule has 9 heteroatoms. The molecule has 1 aromatic heterocycles. The summed E-state index contributed by atoms with van der Waals surface area (Å²) in [5, 5.41) is 0. The first-order valence-corrected chi connectivity index (χ1v) is 12.2. The van der Waals surface area contributed by atoms with E-state index in [1.54, 1.807) is 0 Å². The Bertz CT molecular complexity index is 1310. The second-order valence-corrected chi connectivity index (χ2v) is 9.79. The van der Waals surface area contributed by atoms with Crippen LogP contribution >= 0.6 is 11.3 Å². The normalized spacial score (nSPS) is 12.3. The average molecular weight is 472 g/mol. The van der Waals surface area contributed by atoms with Crippen LogP contribution in [0, 0.1) is 0 Å². The predicted octanol–water partition coefficient (Wildman–Crippen LogP) is 3.74. The smallest absolute Gasteiger partial charge is 0.279 e. The van der Waals surface area contributed by atoms with Gasteiger partial charge in [0.1, 0.15) is 5.75 Å². The molecule has 0 spiro atoms. The molecule has 0 unspecified atom stereocenters. The Labute approximate surface area is 191 Å². The zero-order valence-electron chi connectivity index (χ0n) is 18.0. The number of rotatable bonds is 9. The molecule has 3 aromatic rings. The van der Waals surface area contributed by atoms with Crippen molar-refractivity contribution < 1.29 is 17.9 Å². The first-order valence-electron chi connectivity index (χ1n) is 9.95. The molecule has 1 heterocycles. The van der Waals surface area contributed by atoms with Crippen molar-refractivity contribution in [1.29, 1.82) is 0 Å². The van der Waals surface area contributed by atoms with Gasteiger partial charge in [0.05, 0.1) is 21.7 Å². The van der Waals surface area contributed by atoms with Crippen molar-refractivity contribution in [3.63, 3.8) is 0 Å². The number of thiazole rings is 1. The molecule has 3 rings (SSSR count). The van der Waals surface area contributed by atoms with Gasteiger partial charge in [-0.3, -0.25) is 4.79 Å². The highest BCUT2D eigenvalue weighted by atomic mass is 32.2. The number of aromatic nitrogens is 1. The number of ether oxygens (including phenoxy) is 1. The van der Waals surface area contributed by atoms with E-state index in [4.69, 9.17) is 4.74 Å². The van der Waals surface area contributed by atoms with Gasteiger partial charge in [-0.1, -0.05) is 23.5 Å². The van der Waals surface area contributed by atoms with E-state index in [0.717, 1.165) is 16.0 Å². The van der Waals surface area contributed by atoms with E-state index in [1.165, 1.54) is 52.1 Å². The maximum absolute atomic E-state index is 12.8. The highest BCUT2D eigenvalue weighted by Crippen LogP contribution is 2.23. The van der Waals surface area contributed by atoms with Gasteiger partial charge in [-0.05, 0) is 49.4 Å². The van der Waals surface area contributed by atoms with E-state index >= 15 is 0 Å². The van der Waals surface area contributed by atoms with Gasteiger partial charge in [0.25, 0.3) is 5.91 Å². The summed E-state index contributed by atoms with van der Waals surface area (Å²) in [6.07, 6.45) is 3.03.